The van der Waals surface area contributed by atoms with Crippen LogP contribution >= 0.6 is 0 Å². The van der Waals surface area contributed by atoms with Crippen LogP contribution in [0, 0.1) is 5.82 Å². The molecule has 2 nitrogen and oxygen atoms in total. The van der Waals surface area contributed by atoms with E-state index < -0.39 is 17.6 Å². The Balaban J connectivity index is 2.10. The maximum absolute atomic E-state index is 13.2. The predicted octanol–water partition coefficient (Wildman–Crippen LogP) is 4.67. The molecule has 0 amide bonds. The molecule has 0 spiro atoms. The van der Waals surface area contributed by atoms with Crippen LogP contribution in [0.1, 0.15) is 16.7 Å². The second-order valence-electron chi connectivity index (χ2n) is 4.96. The third kappa shape index (κ3) is 2.92. The number of hydrogen-bond acceptors (Lipinski definition) is 2. The summed E-state index contributed by atoms with van der Waals surface area (Å²) in [6, 6.07) is 8.56. The molecule has 6 heteroatoms. The molecule has 1 aliphatic rings. The van der Waals surface area contributed by atoms with Gasteiger partial charge in [0.15, 0.2) is 6.29 Å². The van der Waals surface area contributed by atoms with E-state index in [9.17, 15) is 22.4 Å². The third-order valence-corrected chi connectivity index (χ3v) is 3.40. The number of rotatable bonds is 2. The first kappa shape index (κ1) is 15.1. The molecule has 0 unspecified atom stereocenters. The number of fused-ring (bicyclic) bond motifs is 1. The maximum Gasteiger partial charge on any atom is 0.416 e. The van der Waals surface area contributed by atoms with Gasteiger partial charge in [0.05, 0.1) is 11.3 Å². The van der Waals surface area contributed by atoms with E-state index in [2.05, 4.69) is 4.99 Å². The highest BCUT2D eigenvalue weighted by Crippen LogP contribution is 2.36. The highest BCUT2D eigenvalue weighted by molar-refractivity contribution is 6.53. The fourth-order valence-corrected chi connectivity index (χ4v) is 2.37. The summed E-state index contributed by atoms with van der Waals surface area (Å²) in [7, 11) is 0. The van der Waals surface area contributed by atoms with Crippen LogP contribution in [-0.2, 0) is 11.0 Å². The summed E-state index contributed by atoms with van der Waals surface area (Å²) in [6.45, 7) is 0. The zero-order valence-corrected chi connectivity index (χ0v) is 11.6. The largest absolute Gasteiger partial charge is 0.416 e. The van der Waals surface area contributed by atoms with E-state index in [-0.39, 0.29) is 17.0 Å². The molecule has 116 valence electrons. The van der Waals surface area contributed by atoms with Crippen molar-refractivity contribution < 1.29 is 22.4 Å². The zero-order chi connectivity index (χ0) is 16.6. The van der Waals surface area contributed by atoms with Crippen molar-refractivity contribution in [1.29, 1.82) is 0 Å². The quantitative estimate of drug-likeness (QED) is 0.584. The standard InChI is InChI=1S/C17H9F4NO/c18-12-4-5-13-14(16(9-23)22-15(13)8-12)7-10-2-1-3-11(6-10)17(19,20)21/h1-9H. The average molecular weight is 319 g/mol. The molecular formula is C17H9F4NO. The third-order valence-electron chi connectivity index (χ3n) is 3.40. The SMILES string of the molecule is O=CC1=Nc2cc(F)ccc2C1=Cc1cccc(C(F)(F)F)c1. The fraction of sp³-hybridized carbons (Fsp3) is 0.0588. The summed E-state index contributed by atoms with van der Waals surface area (Å²) in [5, 5.41) is 0. The van der Waals surface area contributed by atoms with Gasteiger partial charge in [-0.15, -0.1) is 0 Å². The van der Waals surface area contributed by atoms with Crippen molar-refractivity contribution in [3.05, 3.63) is 65.0 Å². The summed E-state index contributed by atoms with van der Waals surface area (Å²) in [4.78, 5) is 15.1. The summed E-state index contributed by atoms with van der Waals surface area (Å²) >= 11 is 0. The highest BCUT2D eigenvalue weighted by Gasteiger charge is 2.30. The van der Waals surface area contributed by atoms with Crippen LogP contribution < -0.4 is 0 Å². The zero-order valence-electron chi connectivity index (χ0n) is 11.6. The Morgan fingerprint density at radius 3 is 2.52 bits per heavy atom. The number of carbonyl (C=O) groups excluding carboxylic acids is 1. The molecule has 0 fully saturated rings. The fourth-order valence-electron chi connectivity index (χ4n) is 2.37. The molecule has 0 bridgehead atoms. The molecule has 2 aromatic carbocycles. The normalized spacial score (nSPS) is 15.5. The summed E-state index contributed by atoms with van der Waals surface area (Å²) in [5.41, 5.74) is 0.712. The van der Waals surface area contributed by atoms with Crippen LogP contribution in [0.25, 0.3) is 11.6 Å². The molecule has 0 aromatic heterocycles. The molecule has 0 atom stereocenters. The molecule has 0 aliphatic carbocycles. The second kappa shape index (κ2) is 5.46. The number of nitrogens with zero attached hydrogens (tertiary/aromatic N) is 1. The van der Waals surface area contributed by atoms with Gasteiger partial charge in [-0.3, -0.25) is 4.79 Å². The lowest BCUT2D eigenvalue weighted by Gasteiger charge is -2.07. The minimum absolute atomic E-state index is 0.0583. The van der Waals surface area contributed by atoms with Gasteiger partial charge in [-0.1, -0.05) is 12.1 Å². The first-order chi connectivity index (χ1) is 10.9. The lowest BCUT2D eigenvalue weighted by Crippen LogP contribution is -2.04. The first-order valence-electron chi connectivity index (χ1n) is 6.61. The van der Waals surface area contributed by atoms with E-state index in [4.69, 9.17) is 0 Å². The van der Waals surface area contributed by atoms with Gasteiger partial charge >= 0.3 is 6.18 Å². The summed E-state index contributed by atoms with van der Waals surface area (Å²) < 4.78 is 51.5. The van der Waals surface area contributed by atoms with Crippen molar-refractivity contribution in [2.45, 2.75) is 6.18 Å². The van der Waals surface area contributed by atoms with Gasteiger partial charge in [-0.2, -0.15) is 13.2 Å². The molecule has 0 N–H and O–H groups in total. The smallest absolute Gasteiger partial charge is 0.296 e. The Hall–Kier alpha value is -2.76. The number of allylic oxidation sites excluding steroid dienone is 1. The second-order valence-corrected chi connectivity index (χ2v) is 4.96. The Labute approximate surface area is 128 Å². The molecule has 0 saturated carbocycles. The molecule has 23 heavy (non-hydrogen) atoms. The summed E-state index contributed by atoms with van der Waals surface area (Å²) in [5.74, 6) is -0.502. The number of alkyl halides is 3. The molecule has 0 saturated heterocycles. The maximum atomic E-state index is 13.2. The van der Waals surface area contributed by atoms with Crippen LogP contribution in [-0.4, -0.2) is 12.0 Å². The molecule has 2 aromatic rings. The van der Waals surface area contributed by atoms with Gasteiger partial charge in [-0.05, 0) is 35.9 Å². The lowest BCUT2D eigenvalue weighted by molar-refractivity contribution is -0.137. The van der Waals surface area contributed by atoms with Gasteiger partial charge in [0.2, 0.25) is 0 Å². The molecule has 0 radical (unpaired) electrons. The molecule has 1 heterocycles. The first-order valence-corrected chi connectivity index (χ1v) is 6.61. The van der Waals surface area contributed by atoms with Gasteiger partial charge in [0, 0.05) is 17.2 Å². The van der Waals surface area contributed by atoms with Crippen LogP contribution in [0.5, 0.6) is 0 Å². The molecule has 1 aliphatic heterocycles. The van der Waals surface area contributed by atoms with E-state index >= 15 is 0 Å². The van der Waals surface area contributed by atoms with Crippen molar-refractivity contribution in [1.82, 2.24) is 0 Å². The minimum Gasteiger partial charge on any atom is -0.296 e. The number of carbonyl (C=O) groups is 1. The number of halogens is 4. The monoisotopic (exact) mass is 319 g/mol. The number of aliphatic imine (C=N–C) groups is 1. The Kier molecular flexibility index (Phi) is 3.60. The van der Waals surface area contributed by atoms with Crippen molar-refractivity contribution >= 4 is 29.3 Å². The summed E-state index contributed by atoms with van der Waals surface area (Å²) in [6.07, 6.45) is -2.52. The number of benzene rings is 2. The van der Waals surface area contributed by atoms with E-state index in [0.717, 1.165) is 12.1 Å². The van der Waals surface area contributed by atoms with E-state index in [0.29, 0.717) is 17.4 Å². The molecular weight excluding hydrogens is 310 g/mol. The Morgan fingerprint density at radius 1 is 1.04 bits per heavy atom. The van der Waals surface area contributed by atoms with Crippen molar-refractivity contribution in [3.8, 4) is 0 Å². The van der Waals surface area contributed by atoms with Crippen LogP contribution in [0.3, 0.4) is 0 Å². The molecule has 3 rings (SSSR count). The van der Waals surface area contributed by atoms with Crippen molar-refractivity contribution in [2.75, 3.05) is 0 Å². The van der Waals surface area contributed by atoms with Gasteiger partial charge in [0.25, 0.3) is 0 Å². The minimum atomic E-state index is -4.45. The van der Waals surface area contributed by atoms with E-state index in [1.54, 1.807) is 0 Å². The van der Waals surface area contributed by atoms with Crippen LogP contribution in [0.4, 0.5) is 23.2 Å². The van der Waals surface area contributed by atoms with Crippen LogP contribution in [0.15, 0.2) is 47.5 Å². The Morgan fingerprint density at radius 2 is 1.83 bits per heavy atom. The number of hydrogen-bond donors (Lipinski definition) is 0. The van der Waals surface area contributed by atoms with Gasteiger partial charge in [-0.25, -0.2) is 9.38 Å². The van der Waals surface area contributed by atoms with E-state index in [1.807, 2.05) is 0 Å². The average Bonchev–Trinajstić information content (AvgIpc) is 2.83. The highest BCUT2D eigenvalue weighted by atomic mass is 19.4. The van der Waals surface area contributed by atoms with Crippen molar-refractivity contribution in [3.63, 3.8) is 0 Å². The van der Waals surface area contributed by atoms with Crippen molar-refractivity contribution in [2.24, 2.45) is 4.99 Å². The Bertz CT molecular complexity index is 850. The topological polar surface area (TPSA) is 29.4 Å². The van der Waals surface area contributed by atoms with E-state index in [1.165, 1.54) is 36.4 Å². The van der Waals surface area contributed by atoms with Crippen LogP contribution in [0.2, 0.25) is 0 Å². The van der Waals surface area contributed by atoms with Gasteiger partial charge < -0.3 is 0 Å². The lowest BCUT2D eigenvalue weighted by atomic mass is 9.99. The van der Waals surface area contributed by atoms with Gasteiger partial charge in [0.1, 0.15) is 11.5 Å². The number of aldehydes is 1. The predicted molar refractivity (Wildman–Crippen MR) is 78.9 cm³/mol.